The monoisotopic (exact) mass is 362 g/mol. The average molecular weight is 362 g/mol. The van der Waals surface area contributed by atoms with E-state index in [-0.39, 0.29) is 30.2 Å². The van der Waals surface area contributed by atoms with Crippen molar-refractivity contribution in [3.05, 3.63) is 44.8 Å². The molecule has 1 aromatic rings. The Hall–Kier alpha value is -2.19. The number of hydrogen-bond acceptors (Lipinski definition) is 6. The Labute approximate surface area is 149 Å². The first-order chi connectivity index (χ1) is 12.0. The second kappa shape index (κ2) is 7.37. The maximum absolute atomic E-state index is 12.9. The van der Waals surface area contributed by atoms with Crippen molar-refractivity contribution in [1.82, 2.24) is 4.90 Å². The van der Waals surface area contributed by atoms with Gasteiger partial charge in [-0.25, -0.2) is 0 Å². The van der Waals surface area contributed by atoms with Gasteiger partial charge in [0.25, 0.3) is 17.5 Å². The van der Waals surface area contributed by atoms with E-state index >= 15 is 0 Å². The molecule has 3 rings (SSSR count). The number of ether oxygens (including phenoxy) is 1. The fourth-order valence-corrected chi connectivity index (χ4v) is 3.87. The first kappa shape index (κ1) is 17.6. The molecule has 7 nitrogen and oxygen atoms in total. The summed E-state index contributed by atoms with van der Waals surface area (Å²) in [4.78, 5) is 37.5. The molecule has 25 heavy (non-hydrogen) atoms. The maximum atomic E-state index is 12.9. The largest absolute Gasteiger partial charge is 0.376 e. The number of benzene rings is 1. The molecule has 0 radical (unpaired) electrons. The Balaban J connectivity index is 1.91. The zero-order valence-electron chi connectivity index (χ0n) is 13.8. The van der Waals surface area contributed by atoms with Crippen molar-refractivity contribution in [1.29, 1.82) is 0 Å². The molecule has 0 aromatic heterocycles. The summed E-state index contributed by atoms with van der Waals surface area (Å²) >= 11 is 1.32. The molecule has 0 spiro atoms. The van der Waals surface area contributed by atoms with Crippen LogP contribution in [0.4, 0.5) is 5.69 Å². The Bertz CT molecular complexity index is 738. The normalized spacial score (nSPS) is 20.7. The summed E-state index contributed by atoms with van der Waals surface area (Å²) in [7, 11) is 0. The summed E-state index contributed by atoms with van der Waals surface area (Å²) in [6, 6.07) is 5.73. The lowest BCUT2D eigenvalue weighted by atomic mass is 10.1. The summed E-state index contributed by atoms with van der Waals surface area (Å²) in [5.41, 5.74) is 0.793. The van der Waals surface area contributed by atoms with Crippen LogP contribution < -0.4 is 0 Å². The van der Waals surface area contributed by atoms with Gasteiger partial charge in [-0.05, 0) is 36.3 Å². The van der Waals surface area contributed by atoms with Crippen LogP contribution in [-0.2, 0) is 14.3 Å². The lowest BCUT2D eigenvalue weighted by Crippen LogP contribution is -2.37. The van der Waals surface area contributed by atoms with E-state index in [0.717, 1.165) is 12.8 Å². The van der Waals surface area contributed by atoms with Crippen LogP contribution in [0.3, 0.4) is 0 Å². The van der Waals surface area contributed by atoms with Crippen molar-refractivity contribution >= 4 is 34.8 Å². The van der Waals surface area contributed by atoms with Crippen LogP contribution in [0.5, 0.6) is 0 Å². The van der Waals surface area contributed by atoms with Crippen molar-refractivity contribution < 1.29 is 19.2 Å². The van der Waals surface area contributed by atoms with E-state index in [2.05, 4.69) is 0 Å². The van der Waals surface area contributed by atoms with Gasteiger partial charge in [0.15, 0.2) is 0 Å². The molecule has 8 heteroatoms. The minimum absolute atomic E-state index is 0.0537. The molecule has 132 valence electrons. The Kier molecular flexibility index (Phi) is 5.19. The van der Waals surface area contributed by atoms with Crippen molar-refractivity contribution in [3.63, 3.8) is 0 Å². The van der Waals surface area contributed by atoms with E-state index in [9.17, 15) is 19.7 Å². The maximum Gasteiger partial charge on any atom is 0.269 e. The third-order valence-electron chi connectivity index (χ3n) is 4.19. The van der Waals surface area contributed by atoms with Crippen molar-refractivity contribution in [2.45, 2.75) is 25.9 Å². The zero-order chi connectivity index (χ0) is 18.0. The number of nitro benzene ring substituents is 1. The number of non-ortho nitro benzene ring substituents is 1. The zero-order valence-corrected chi connectivity index (χ0v) is 14.6. The molecule has 1 saturated heterocycles. The quantitative estimate of drug-likeness (QED) is 0.439. The van der Waals surface area contributed by atoms with E-state index in [1.165, 1.54) is 40.9 Å². The van der Waals surface area contributed by atoms with Gasteiger partial charge in [0, 0.05) is 18.7 Å². The fraction of sp³-hybridized carbons (Fsp3) is 0.412. The highest BCUT2D eigenvalue weighted by atomic mass is 32.2. The highest BCUT2D eigenvalue weighted by molar-refractivity contribution is 8.04. The number of carbonyl (C=O) groups excluding carboxylic acids is 2. The summed E-state index contributed by atoms with van der Waals surface area (Å²) in [5, 5.41) is 10.8. The Morgan fingerprint density at radius 2 is 2.00 bits per heavy atom. The highest BCUT2D eigenvalue weighted by Crippen LogP contribution is 2.37. The first-order valence-corrected chi connectivity index (χ1v) is 9.11. The number of amides is 2. The number of rotatable bonds is 6. The minimum Gasteiger partial charge on any atom is -0.376 e. The van der Waals surface area contributed by atoms with Crippen LogP contribution in [0.15, 0.2) is 29.2 Å². The van der Waals surface area contributed by atoms with Crippen LogP contribution in [0.25, 0.3) is 5.57 Å². The summed E-state index contributed by atoms with van der Waals surface area (Å²) in [6.07, 6.45) is 1.65. The summed E-state index contributed by atoms with van der Waals surface area (Å²) < 4.78 is 5.54. The lowest BCUT2D eigenvalue weighted by molar-refractivity contribution is -0.384. The van der Waals surface area contributed by atoms with E-state index in [1.54, 1.807) is 0 Å². The Morgan fingerprint density at radius 3 is 2.56 bits per heavy atom. The van der Waals surface area contributed by atoms with Gasteiger partial charge in [0.1, 0.15) is 0 Å². The number of imide groups is 1. The van der Waals surface area contributed by atoms with E-state index in [4.69, 9.17) is 4.74 Å². The molecule has 1 aromatic carbocycles. The van der Waals surface area contributed by atoms with Gasteiger partial charge in [-0.3, -0.25) is 24.6 Å². The summed E-state index contributed by atoms with van der Waals surface area (Å²) in [5.74, 6) is -0.00971. The molecule has 0 N–H and O–H groups in total. The van der Waals surface area contributed by atoms with Gasteiger partial charge < -0.3 is 4.74 Å². The highest BCUT2D eigenvalue weighted by Gasteiger charge is 2.40. The predicted octanol–water partition coefficient (Wildman–Crippen LogP) is 2.61. The molecular weight excluding hydrogens is 344 g/mol. The minimum atomic E-state index is -0.495. The summed E-state index contributed by atoms with van der Waals surface area (Å²) in [6.45, 7) is 2.81. The molecule has 1 fully saturated rings. The van der Waals surface area contributed by atoms with Gasteiger partial charge >= 0.3 is 0 Å². The van der Waals surface area contributed by atoms with E-state index in [0.29, 0.717) is 28.4 Å². The molecule has 2 heterocycles. The molecule has 0 aliphatic carbocycles. The molecular formula is C17H18N2O5S. The fourth-order valence-electron chi connectivity index (χ4n) is 2.99. The first-order valence-electron chi connectivity index (χ1n) is 8.12. The predicted molar refractivity (Wildman–Crippen MR) is 93.8 cm³/mol. The lowest BCUT2D eigenvalue weighted by Gasteiger charge is -2.19. The van der Waals surface area contributed by atoms with Crippen LogP contribution in [0.2, 0.25) is 0 Å². The number of nitrogens with zero attached hydrogens (tertiary/aromatic N) is 2. The van der Waals surface area contributed by atoms with Crippen molar-refractivity contribution in [3.8, 4) is 0 Å². The third-order valence-corrected chi connectivity index (χ3v) is 5.15. The number of thioether (sulfide) groups is 1. The van der Waals surface area contributed by atoms with Crippen molar-refractivity contribution in [2.24, 2.45) is 0 Å². The smallest absolute Gasteiger partial charge is 0.269 e. The Morgan fingerprint density at radius 1 is 1.28 bits per heavy atom. The second-order valence-corrected chi connectivity index (χ2v) is 7.07. The van der Waals surface area contributed by atoms with Gasteiger partial charge in [0.05, 0.1) is 28.1 Å². The molecule has 1 unspecified atom stereocenters. The van der Waals surface area contributed by atoms with Crippen LogP contribution in [-0.4, -0.2) is 46.6 Å². The average Bonchev–Trinajstić information content (AvgIpc) is 3.19. The van der Waals surface area contributed by atoms with E-state index < -0.39 is 4.92 Å². The van der Waals surface area contributed by atoms with Crippen LogP contribution in [0.1, 0.15) is 25.3 Å². The molecule has 1 atom stereocenters. The number of nitro groups is 1. The van der Waals surface area contributed by atoms with Crippen molar-refractivity contribution in [2.75, 3.05) is 18.9 Å². The SMILES string of the molecule is CCSC1=C(c2ccc([N+](=O)[O-])cc2)C(=O)N(CC2CCCO2)C1=O. The van der Waals surface area contributed by atoms with Crippen LogP contribution >= 0.6 is 11.8 Å². The van der Waals surface area contributed by atoms with Crippen LogP contribution in [0, 0.1) is 10.1 Å². The number of hydrogen-bond donors (Lipinski definition) is 0. The molecule has 2 aliphatic rings. The van der Waals surface area contributed by atoms with E-state index in [1.807, 2.05) is 6.92 Å². The second-order valence-electron chi connectivity index (χ2n) is 5.80. The van der Waals surface area contributed by atoms with Gasteiger partial charge in [-0.1, -0.05) is 6.92 Å². The standard InChI is InChI=1S/C17H18N2O5S/c1-2-25-15-14(11-5-7-12(8-6-11)19(22)23)16(20)18(17(15)21)10-13-4-3-9-24-13/h5-8,13H,2-4,9-10H2,1H3. The third kappa shape index (κ3) is 3.45. The van der Waals surface area contributed by atoms with Gasteiger partial charge in [-0.2, -0.15) is 0 Å². The molecule has 0 bridgehead atoms. The van der Waals surface area contributed by atoms with Gasteiger partial charge in [-0.15, -0.1) is 11.8 Å². The topological polar surface area (TPSA) is 89.8 Å². The molecule has 2 aliphatic heterocycles. The molecule has 2 amide bonds. The number of carbonyl (C=O) groups is 2. The van der Waals surface area contributed by atoms with Gasteiger partial charge in [0.2, 0.25) is 0 Å². The molecule has 0 saturated carbocycles.